The fourth-order valence-electron chi connectivity index (χ4n) is 3.61. The second kappa shape index (κ2) is 10.7. The molecule has 1 atom stereocenters. The number of aryl methyl sites for hydroxylation is 2. The Labute approximate surface area is 192 Å². The summed E-state index contributed by atoms with van der Waals surface area (Å²) in [5.74, 6) is -0.210. The van der Waals surface area contributed by atoms with Gasteiger partial charge in [-0.25, -0.2) is 0 Å². The van der Waals surface area contributed by atoms with Crippen molar-refractivity contribution in [1.82, 2.24) is 0 Å². The van der Waals surface area contributed by atoms with Gasteiger partial charge in [0.1, 0.15) is 0 Å². The van der Waals surface area contributed by atoms with Crippen molar-refractivity contribution in [2.75, 3.05) is 18.1 Å². The molecule has 0 radical (unpaired) electrons. The van der Waals surface area contributed by atoms with Crippen molar-refractivity contribution in [2.45, 2.75) is 39.5 Å². The van der Waals surface area contributed by atoms with Crippen LogP contribution in [0.1, 0.15) is 40.8 Å². The van der Waals surface area contributed by atoms with Gasteiger partial charge in [-0.3, -0.25) is 4.79 Å². The zero-order valence-electron chi connectivity index (χ0n) is 19.0. The molecule has 0 aliphatic carbocycles. The normalized spacial score (nSPS) is 12.4. The van der Waals surface area contributed by atoms with Gasteiger partial charge in [-0.2, -0.15) is 13.2 Å². The summed E-state index contributed by atoms with van der Waals surface area (Å²) in [5.41, 5.74) is 3.68. The van der Waals surface area contributed by atoms with Crippen LogP contribution in [0.5, 0.6) is 0 Å². The molecule has 0 saturated carbocycles. The fourth-order valence-corrected chi connectivity index (χ4v) is 3.61. The van der Waals surface area contributed by atoms with Crippen molar-refractivity contribution in [3.05, 3.63) is 101 Å². The number of ether oxygens (including phenoxy) is 1. The SMILES string of the molecule is CCOC(C(=O)N(CCc1ccc(C(F)(F)F)cc1)c1ccc(C)c(C)c1)c1ccccc1. The smallest absolute Gasteiger partial charge is 0.364 e. The Balaban J connectivity index is 1.90. The molecule has 1 amide bonds. The largest absolute Gasteiger partial charge is 0.416 e. The van der Waals surface area contributed by atoms with Crippen LogP contribution in [-0.2, 0) is 22.1 Å². The molecule has 0 heterocycles. The topological polar surface area (TPSA) is 29.5 Å². The van der Waals surface area contributed by atoms with Crippen molar-refractivity contribution < 1.29 is 22.7 Å². The Morgan fingerprint density at radius 1 is 0.939 bits per heavy atom. The van der Waals surface area contributed by atoms with Gasteiger partial charge in [-0.1, -0.05) is 48.5 Å². The first kappa shape index (κ1) is 24.5. The highest BCUT2D eigenvalue weighted by Crippen LogP contribution is 2.30. The molecule has 0 spiro atoms. The lowest BCUT2D eigenvalue weighted by atomic mass is 10.0. The first-order valence-corrected chi connectivity index (χ1v) is 10.9. The molecule has 0 saturated heterocycles. The lowest BCUT2D eigenvalue weighted by Gasteiger charge is -2.28. The van der Waals surface area contributed by atoms with E-state index >= 15 is 0 Å². The van der Waals surface area contributed by atoms with E-state index in [0.29, 0.717) is 19.6 Å². The van der Waals surface area contributed by atoms with Crippen LogP contribution in [0.3, 0.4) is 0 Å². The number of carbonyl (C=O) groups is 1. The maximum Gasteiger partial charge on any atom is 0.416 e. The molecular formula is C27H28F3NO2. The van der Waals surface area contributed by atoms with E-state index in [1.165, 1.54) is 12.1 Å². The summed E-state index contributed by atoms with van der Waals surface area (Å²) in [4.78, 5) is 15.4. The van der Waals surface area contributed by atoms with E-state index in [4.69, 9.17) is 4.74 Å². The minimum atomic E-state index is -4.37. The number of rotatable bonds is 8. The van der Waals surface area contributed by atoms with E-state index in [1.807, 2.05) is 69.3 Å². The number of anilines is 1. The van der Waals surface area contributed by atoms with Gasteiger partial charge in [0, 0.05) is 18.8 Å². The first-order valence-electron chi connectivity index (χ1n) is 10.9. The van der Waals surface area contributed by atoms with Crippen LogP contribution < -0.4 is 4.90 Å². The van der Waals surface area contributed by atoms with Crippen molar-refractivity contribution >= 4 is 11.6 Å². The average Bonchev–Trinajstić information content (AvgIpc) is 2.80. The third-order valence-corrected chi connectivity index (χ3v) is 5.63. The van der Waals surface area contributed by atoms with Crippen molar-refractivity contribution in [1.29, 1.82) is 0 Å². The Kier molecular flexibility index (Phi) is 7.92. The monoisotopic (exact) mass is 455 g/mol. The highest BCUT2D eigenvalue weighted by molar-refractivity contribution is 5.97. The maximum absolute atomic E-state index is 13.7. The maximum atomic E-state index is 13.7. The van der Waals surface area contributed by atoms with Gasteiger partial charge in [0.15, 0.2) is 6.10 Å². The van der Waals surface area contributed by atoms with Crippen LogP contribution in [-0.4, -0.2) is 19.1 Å². The zero-order valence-corrected chi connectivity index (χ0v) is 19.0. The minimum absolute atomic E-state index is 0.210. The lowest BCUT2D eigenvalue weighted by Crippen LogP contribution is -2.38. The predicted octanol–water partition coefficient (Wildman–Crippen LogP) is 6.68. The molecule has 0 aromatic heterocycles. The number of benzene rings is 3. The fraction of sp³-hybridized carbons (Fsp3) is 0.296. The Hall–Kier alpha value is -3.12. The molecule has 3 aromatic carbocycles. The third-order valence-electron chi connectivity index (χ3n) is 5.63. The summed E-state index contributed by atoms with van der Waals surface area (Å²) in [6, 6.07) is 20.2. The molecule has 0 aliphatic rings. The molecule has 0 fully saturated rings. The molecule has 0 aliphatic heterocycles. The van der Waals surface area contributed by atoms with E-state index in [-0.39, 0.29) is 5.91 Å². The lowest BCUT2D eigenvalue weighted by molar-refractivity contribution is -0.137. The molecule has 6 heteroatoms. The molecule has 0 bridgehead atoms. The van der Waals surface area contributed by atoms with Crippen LogP contribution in [0.25, 0.3) is 0 Å². The van der Waals surface area contributed by atoms with E-state index in [9.17, 15) is 18.0 Å². The number of hydrogen-bond donors (Lipinski definition) is 0. The Morgan fingerprint density at radius 3 is 2.18 bits per heavy atom. The molecule has 3 rings (SSSR count). The van der Waals surface area contributed by atoms with Gasteiger partial charge < -0.3 is 9.64 Å². The van der Waals surface area contributed by atoms with Gasteiger partial charge in [0.25, 0.3) is 5.91 Å². The second-order valence-electron chi connectivity index (χ2n) is 7.95. The summed E-state index contributed by atoms with van der Waals surface area (Å²) in [7, 11) is 0. The van der Waals surface area contributed by atoms with Crippen LogP contribution >= 0.6 is 0 Å². The van der Waals surface area contributed by atoms with Gasteiger partial charge >= 0.3 is 6.18 Å². The van der Waals surface area contributed by atoms with Crippen LogP contribution in [0.2, 0.25) is 0 Å². The van der Waals surface area contributed by atoms with Crippen molar-refractivity contribution in [3.8, 4) is 0 Å². The van der Waals surface area contributed by atoms with Gasteiger partial charge in [0.05, 0.1) is 5.56 Å². The minimum Gasteiger partial charge on any atom is -0.364 e. The van der Waals surface area contributed by atoms with Gasteiger partial charge in [0.2, 0.25) is 0 Å². The average molecular weight is 456 g/mol. The van der Waals surface area contributed by atoms with Crippen LogP contribution in [0.15, 0.2) is 72.8 Å². The van der Waals surface area contributed by atoms with E-state index in [2.05, 4.69) is 0 Å². The number of hydrogen-bond acceptors (Lipinski definition) is 2. The Bertz CT molecular complexity index is 1060. The van der Waals surface area contributed by atoms with E-state index in [1.54, 1.807) is 4.90 Å². The Morgan fingerprint density at radius 2 is 1.61 bits per heavy atom. The van der Waals surface area contributed by atoms with Crippen molar-refractivity contribution in [3.63, 3.8) is 0 Å². The number of nitrogens with zero attached hydrogens (tertiary/aromatic N) is 1. The second-order valence-corrected chi connectivity index (χ2v) is 7.95. The van der Waals surface area contributed by atoms with E-state index < -0.39 is 17.8 Å². The molecule has 1 unspecified atom stereocenters. The molecule has 33 heavy (non-hydrogen) atoms. The van der Waals surface area contributed by atoms with Gasteiger partial charge in [-0.15, -0.1) is 0 Å². The van der Waals surface area contributed by atoms with Gasteiger partial charge in [-0.05, 0) is 73.7 Å². The highest BCUT2D eigenvalue weighted by Gasteiger charge is 2.30. The first-order chi connectivity index (χ1) is 15.7. The number of carbonyl (C=O) groups excluding carboxylic acids is 1. The van der Waals surface area contributed by atoms with Crippen LogP contribution in [0.4, 0.5) is 18.9 Å². The van der Waals surface area contributed by atoms with Crippen LogP contribution in [0, 0.1) is 13.8 Å². The molecule has 3 nitrogen and oxygen atoms in total. The molecule has 0 N–H and O–H groups in total. The number of alkyl halides is 3. The number of halogens is 3. The molecule has 3 aromatic rings. The highest BCUT2D eigenvalue weighted by atomic mass is 19.4. The summed E-state index contributed by atoms with van der Waals surface area (Å²) in [5, 5.41) is 0. The standard InChI is InChI=1S/C27H28F3NO2/c1-4-33-25(22-8-6-5-7-9-22)26(32)31(24-15-10-19(2)20(3)18-24)17-16-21-11-13-23(14-12-21)27(28,29)30/h5-15,18,25H,4,16-17H2,1-3H3. The summed E-state index contributed by atoms with van der Waals surface area (Å²) in [6.07, 6.45) is -4.74. The number of amides is 1. The van der Waals surface area contributed by atoms with E-state index in [0.717, 1.165) is 40.1 Å². The molecular weight excluding hydrogens is 427 g/mol. The summed E-state index contributed by atoms with van der Waals surface area (Å²) < 4.78 is 44.5. The summed E-state index contributed by atoms with van der Waals surface area (Å²) >= 11 is 0. The third kappa shape index (κ3) is 6.23. The van der Waals surface area contributed by atoms with Crippen molar-refractivity contribution in [2.24, 2.45) is 0 Å². The predicted molar refractivity (Wildman–Crippen MR) is 124 cm³/mol. The zero-order chi connectivity index (χ0) is 24.0. The quantitative estimate of drug-likeness (QED) is 0.379. The summed E-state index contributed by atoms with van der Waals surface area (Å²) in [6.45, 7) is 6.49. The molecule has 174 valence electrons.